The van der Waals surface area contributed by atoms with Crippen LogP contribution in [0.5, 0.6) is 0 Å². The minimum atomic E-state index is -3.48. The molecule has 1 heterocycles. The average molecular weight is 388 g/mol. The Kier molecular flexibility index (Phi) is 5.94. The number of likely N-dealkylation sites (N-methyl/N-ethyl adjacent to an activating group) is 1. The largest absolute Gasteiger partial charge is 0.314 e. The van der Waals surface area contributed by atoms with Crippen molar-refractivity contribution in [1.82, 2.24) is 9.21 Å². The molecule has 0 saturated carbocycles. The Hall–Kier alpha value is -2.22. The summed E-state index contributed by atoms with van der Waals surface area (Å²) in [6.07, 6.45) is 0. The summed E-state index contributed by atoms with van der Waals surface area (Å²) in [6.45, 7) is 3.69. The van der Waals surface area contributed by atoms with Crippen LogP contribution in [0.1, 0.15) is 6.92 Å². The molecule has 1 aliphatic rings. The topological polar surface area (TPSA) is 60.9 Å². The lowest BCUT2D eigenvalue weighted by Crippen LogP contribution is -2.55. The summed E-state index contributed by atoms with van der Waals surface area (Å²) in [7, 11) is -1.71. The smallest absolute Gasteiger partial charge is 0.243 e. The molecule has 6 nitrogen and oxygen atoms in total. The van der Waals surface area contributed by atoms with Crippen molar-refractivity contribution in [2.45, 2.75) is 17.9 Å². The van der Waals surface area contributed by atoms with Gasteiger partial charge in [0.15, 0.2) is 0 Å². The SMILES string of the molecule is CC(C(=O)N(C)c1ccccc1)N1CCN(S(=O)(=O)c2ccccc2)CC1. The number of rotatable bonds is 5. The van der Waals surface area contributed by atoms with Gasteiger partial charge in [-0.25, -0.2) is 8.42 Å². The van der Waals surface area contributed by atoms with Crippen molar-refractivity contribution in [2.75, 3.05) is 38.1 Å². The fourth-order valence-corrected chi connectivity index (χ4v) is 4.73. The Morgan fingerprint density at radius 3 is 2.00 bits per heavy atom. The van der Waals surface area contributed by atoms with E-state index in [1.165, 1.54) is 4.31 Å². The van der Waals surface area contributed by atoms with Crippen LogP contribution >= 0.6 is 0 Å². The lowest BCUT2D eigenvalue weighted by Gasteiger charge is -2.37. The average Bonchev–Trinajstić information content (AvgIpc) is 2.73. The van der Waals surface area contributed by atoms with Gasteiger partial charge in [0.25, 0.3) is 0 Å². The van der Waals surface area contributed by atoms with Gasteiger partial charge in [0.05, 0.1) is 10.9 Å². The summed E-state index contributed by atoms with van der Waals surface area (Å²) >= 11 is 0. The molecule has 1 unspecified atom stereocenters. The van der Waals surface area contributed by atoms with Gasteiger partial charge in [-0.2, -0.15) is 4.31 Å². The van der Waals surface area contributed by atoms with E-state index in [0.717, 1.165) is 5.69 Å². The van der Waals surface area contributed by atoms with Crippen molar-refractivity contribution in [1.29, 1.82) is 0 Å². The first-order valence-electron chi connectivity index (χ1n) is 9.03. The number of hydrogen-bond acceptors (Lipinski definition) is 4. The van der Waals surface area contributed by atoms with Crippen LogP contribution < -0.4 is 4.90 Å². The second-order valence-electron chi connectivity index (χ2n) is 6.66. The first-order valence-corrected chi connectivity index (χ1v) is 10.5. The predicted octanol–water partition coefficient (Wildman–Crippen LogP) is 2.04. The van der Waals surface area contributed by atoms with Gasteiger partial charge in [0, 0.05) is 38.9 Å². The van der Waals surface area contributed by atoms with E-state index in [9.17, 15) is 13.2 Å². The number of sulfonamides is 1. The van der Waals surface area contributed by atoms with E-state index in [4.69, 9.17) is 0 Å². The fraction of sp³-hybridized carbons (Fsp3) is 0.350. The van der Waals surface area contributed by atoms with Crippen molar-refractivity contribution >= 4 is 21.6 Å². The highest BCUT2D eigenvalue weighted by Crippen LogP contribution is 2.19. The highest BCUT2D eigenvalue weighted by atomic mass is 32.2. The van der Waals surface area contributed by atoms with Crippen molar-refractivity contribution in [3.63, 3.8) is 0 Å². The molecule has 144 valence electrons. The summed E-state index contributed by atoms with van der Waals surface area (Å²) in [5.74, 6) is 0.000525. The van der Waals surface area contributed by atoms with Crippen LogP contribution in [0.2, 0.25) is 0 Å². The molecule has 0 aliphatic carbocycles. The summed E-state index contributed by atoms with van der Waals surface area (Å²) in [5, 5.41) is 0. The summed E-state index contributed by atoms with van der Waals surface area (Å²) < 4.78 is 26.9. The molecule has 7 heteroatoms. The zero-order valence-corrected chi connectivity index (χ0v) is 16.5. The predicted molar refractivity (Wildman–Crippen MR) is 106 cm³/mol. The Bertz CT molecular complexity index is 864. The van der Waals surface area contributed by atoms with Gasteiger partial charge in [-0.05, 0) is 31.2 Å². The molecule has 1 atom stereocenters. The van der Waals surface area contributed by atoms with Crippen molar-refractivity contribution in [3.05, 3.63) is 60.7 Å². The molecule has 0 N–H and O–H groups in total. The van der Waals surface area contributed by atoms with Crippen LogP contribution in [0.25, 0.3) is 0 Å². The third kappa shape index (κ3) is 4.21. The second-order valence-corrected chi connectivity index (χ2v) is 8.60. The zero-order chi connectivity index (χ0) is 19.4. The Balaban J connectivity index is 1.62. The van der Waals surface area contributed by atoms with E-state index in [1.54, 1.807) is 42.3 Å². The second kappa shape index (κ2) is 8.21. The molecule has 0 radical (unpaired) electrons. The van der Waals surface area contributed by atoms with Gasteiger partial charge >= 0.3 is 0 Å². The number of carbonyl (C=O) groups excluding carboxylic acids is 1. The Morgan fingerprint density at radius 2 is 1.44 bits per heavy atom. The number of para-hydroxylation sites is 1. The number of hydrogen-bond donors (Lipinski definition) is 0. The van der Waals surface area contributed by atoms with E-state index in [2.05, 4.69) is 0 Å². The lowest BCUT2D eigenvalue weighted by molar-refractivity contribution is -0.123. The van der Waals surface area contributed by atoms with Gasteiger partial charge in [0.1, 0.15) is 0 Å². The first-order chi connectivity index (χ1) is 12.9. The minimum Gasteiger partial charge on any atom is -0.314 e. The molecular formula is C20H25N3O3S. The van der Waals surface area contributed by atoms with Crippen LogP contribution in [-0.2, 0) is 14.8 Å². The number of benzene rings is 2. The van der Waals surface area contributed by atoms with Gasteiger partial charge in [-0.15, -0.1) is 0 Å². The number of anilines is 1. The molecule has 1 saturated heterocycles. The maximum Gasteiger partial charge on any atom is 0.243 e. The van der Waals surface area contributed by atoms with Crippen LogP contribution in [0, 0.1) is 0 Å². The maximum absolute atomic E-state index is 12.8. The van der Waals surface area contributed by atoms with Crippen LogP contribution in [0.15, 0.2) is 65.6 Å². The minimum absolute atomic E-state index is 0.000525. The number of piperazine rings is 1. The highest BCUT2D eigenvalue weighted by molar-refractivity contribution is 7.89. The Labute approximate surface area is 161 Å². The number of nitrogens with zero attached hydrogens (tertiary/aromatic N) is 3. The molecular weight excluding hydrogens is 362 g/mol. The lowest BCUT2D eigenvalue weighted by atomic mass is 10.2. The number of amides is 1. The van der Waals surface area contributed by atoms with Crippen molar-refractivity contribution < 1.29 is 13.2 Å². The zero-order valence-electron chi connectivity index (χ0n) is 15.7. The summed E-state index contributed by atoms with van der Waals surface area (Å²) in [4.78, 5) is 16.8. The van der Waals surface area contributed by atoms with Crippen molar-refractivity contribution in [2.24, 2.45) is 0 Å². The summed E-state index contributed by atoms with van der Waals surface area (Å²) in [5.41, 5.74) is 0.847. The molecule has 0 aromatic heterocycles. The van der Waals surface area contributed by atoms with Crippen LogP contribution in [0.3, 0.4) is 0 Å². The van der Waals surface area contributed by atoms with E-state index < -0.39 is 10.0 Å². The van der Waals surface area contributed by atoms with E-state index in [-0.39, 0.29) is 11.9 Å². The summed E-state index contributed by atoms with van der Waals surface area (Å²) in [6, 6.07) is 17.7. The molecule has 2 aromatic rings. The molecule has 0 bridgehead atoms. The maximum atomic E-state index is 12.8. The Morgan fingerprint density at radius 1 is 0.926 bits per heavy atom. The standard InChI is InChI=1S/C20H25N3O3S/c1-17(20(24)21(2)18-9-5-3-6-10-18)22-13-15-23(16-14-22)27(25,26)19-11-7-4-8-12-19/h3-12,17H,13-16H2,1-2H3. The number of carbonyl (C=O) groups is 1. The fourth-order valence-electron chi connectivity index (χ4n) is 3.29. The van der Waals surface area contributed by atoms with E-state index >= 15 is 0 Å². The van der Waals surface area contributed by atoms with Gasteiger partial charge in [-0.3, -0.25) is 9.69 Å². The monoisotopic (exact) mass is 387 g/mol. The van der Waals surface area contributed by atoms with Crippen molar-refractivity contribution in [3.8, 4) is 0 Å². The van der Waals surface area contributed by atoms with Crippen LogP contribution in [-0.4, -0.2) is 62.8 Å². The molecule has 2 aromatic carbocycles. The highest BCUT2D eigenvalue weighted by Gasteiger charge is 2.32. The third-order valence-corrected chi connectivity index (χ3v) is 6.95. The van der Waals surface area contributed by atoms with Gasteiger partial charge in [-0.1, -0.05) is 36.4 Å². The quantitative estimate of drug-likeness (QED) is 0.788. The molecule has 3 rings (SSSR count). The molecule has 1 fully saturated rings. The molecule has 27 heavy (non-hydrogen) atoms. The van der Waals surface area contributed by atoms with Gasteiger partial charge in [0.2, 0.25) is 15.9 Å². The molecule has 1 aliphatic heterocycles. The normalized spacial score (nSPS) is 17.4. The van der Waals surface area contributed by atoms with E-state index in [0.29, 0.717) is 31.1 Å². The van der Waals surface area contributed by atoms with Gasteiger partial charge < -0.3 is 4.90 Å². The molecule has 1 amide bonds. The first kappa shape index (κ1) is 19.5. The third-order valence-electron chi connectivity index (χ3n) is 5.03. The van der Waals surface area contributed by atoms with E-state index in [1.807, 2.05) is 42.2 Å². The molecule has 0 spiro atoms. The van der Waals surface area contributed by atoms with Crippen LogP contribution in [0.4, 0.5) is 5.69 Å².